The summed E-state index contributed by atoms with van der Waals surface area (Å²) in [6, 6.07) is 93.1. The van der Waals surface area contributed by atoms with Crippen LogP contribution in [-0.2, 0) is 0 Å². The van der Waals surface area contributed by atoms with Gasteiger partial charge in [-0.2, -0.15) is 0 Å². The van der Waals surface area contributed by atoms with E-state index in [0.29, 0.717) is 0 Å². The summed E-state index contributed by atoms with van der Waals surface area (Å²) in [6.07, 6.45) is 10.2. The Balaban J connectivity index is 0.961. The Kier molecular flexibility index (Phi) is 13.4. The number of hydrogen-bond donors (Lipinski definition) is 0. The zero-order valence-electron chi connectivity index (χ0n) is 49.0. The minimum atomic E-state index is 0.126. The molecule has 0 radical (unpaired) electrons. The van der Waals surface area contributed by atoms with E-state index in [1.807, 2.05) is 0 Å². The summed E-state index contributed by atoms with van der Waals surface area (Å²) in [6.45, 7) is 8.77. The molecule has 2 unspecified atom stereocenters. The minimum absolute atomic E-state index is 0.126. The van der Waals surface area contributed by atoms with Crippen LogP contribution in [-0.4, -0.2) is 4.43 Å². The van der Waals surface area contributed by atoms with Crippen LogP contribution in [0.4, 0.5) is 28.4 Å². The van der Waals surface area contributed by atoms with Crippen molar-refractivity contribution in [3.63, 3.8) is 0 Å². The summed E-state index contributed by atoms with van der Waals surface area (Å²) >= 11 is 2.47. The van der Waals surface area contributed by atoms with Gasteiger partial charge in [0.2, 0.25) is 0 Å². The number of allylic oxidation sites excluding steroid dienone is 3. The molecule has 2 aliphatic carbocycles. The molecule has 16 rings (SSSR count). The highest BCUT2D eigenvalue weighted by atomic mass is 127. The zero-order chi connectivity index (χ0) is 59.0. The minimum Gasteiger partial charge on any atom is -0.454 e. The first-order chi connectivity index (χ1) is 43.4. The van der Waals surface area contributed by atoms with Gasteiger partial charge in [0.1, 0.15) is 11.2 Å². The molecule has 14 aromatic rings. The van der Waals surface area contributed by atoms with Crippen molar-refractivity contribution in [2.45, 2.75) is 38.0 Å². The van der Waals surface area contributed by atoms with Gasteiger partial charge in [0.15, 0.2) is 11.2 Å². The maximum atomic E-state index is 7.36. The van der Waals surface area contributed by atoms with E-state index < -0.39 is 0 Å². The maximum absolute atomic E-state index is 7.36. The Morgan fingerprint density at radius 2 is 0.932 bits per heavy atom. The average Bonchev–Trinajstić information content (AvgIpc) is 1.21. The van der Waals surface area contributed by atoms with Crippen molar-refractivity contribution in [3.8, 4) is 44.5 Å². The van der Waals surface area contributed by atoms with Crippen molar-refractivity contribution >= 4 is 117 Å². The third kappa shape index (κ3) is 8.85. The Hall–Kier alpha value is -9.95. The van der Waals surface area contributed by atoms with Crippen molar-refractivity contribution in [2.75, 3.05) is 14.2 Å². The molecule has 0 fully saturated rings. The monoisotopic (exact) mass is 1240 g/mol. The first kappa shape index (κ1) is 53.5. The van der Waals surface area contributed by atoms with Gasteiger partial charge in [0.05, 0.1) is 28.4 Å². The normalized spacial score (nSPS) is 13.9. The molecule has 2 aromatic heterocycles. The van der Waals surface area contributed by atoms with Gasteiger partial charge in [-0.1, -0.05) is 273 Å². The van der Waals surface area contributed by atoms with Crippen molar-refractivity contribution in [1.29, 1.82) is 0 Å². The summed E-state index contributed by atoms with van der Waals surface area (Å²) < 4.78 is 15.5. The second-order valence-electron chi connectivity index (χ2n) is 23.6. The number of rotatable bonds is 14. The number of anilines is 5. The number of fused-ring (bicyclic) bond motifs is 6. The number of hydrogen-bond acceptors (Lipinski definition) is 4. The van der Waals surface area contributed by atoms with Crippen LogP contribution in [0.5, 0.6) is 0 Å². The van der Waals surface area contributed by atoms with Gasteiger partial charge in [-0.05, 0) is 110 Å². The number of para-hydroxylation sites is 4. The van der Waals surface area contributed by atoms with Gasteiger partial charge in [0, 0.05) is 71.3 Å². The molecule has 2 aliphatic rings. The van der Waals surface area contributed by atoms with Crippen LogP contribution in [0, 0.1) is 0 Å². The molecule has 2 atom stereocenters. The van der Waals surface area contributed by atoms with E-state index in [9.17, 15) is 0 Å². The Labute approximate surface area is 526 Å². The molecular formula is C83H61IN2O2. The first-order valence-electron chi connectivity index (χ1n) is 30.6. The largest absolute Gasteiger partial charge is 0.454 e. The molecule has 0 bridgehead atoms. The molecule has 88 heavy (non-hydrogen) atoms. The van der Waals surface area contributed by atoms with Crippen molar-refractivity contribution in [2.24, 2.45) is 0 Å². The van der Waals surface area contributed by atoms with Gasteiger partial charge in [-0.3, -0.25) is 0 Å². The highest BCUT2D eigenvalue weighted by molar-refractivity contribution is 14.1. The van der Waals surface area contributed by atoms with Crippen LogP contribution in [0.3, 0.4) is 0 Å². The molecule has 422 valence electrons. The number of halogens is 1. The lowest BCUT2D eigenvalue weighted by molar-refractivity contribution is 0.657. The van der Waals surface area contributed by atoms with Crippen molar-refractivity contribution < 1.29 is 8.83 Å². The standard InChI is InChI=1S/C83H61IN2O2/c1-4-53(51-84)63-30-18-32-65-67-34-20-36-77(83(67)88-81(63)65)86(75-48-42-61(55-23-11-6-12-24-55)50-71(75)57-27-15-8-16-28-57)73-46-40-59-37-43-68-72(45-39-58-38-44-69(73)79(59)78(58)68)85(76-35-19-33-66-64-31-17-29-62(52(2)3)80(64)87-82(66)76)74-47-41-60(54-21-9-5-10-22-54)49-70(74)56-25-13-7-14-26-56/h4-39,41-50,52-53,59H,1,40,51H2,2-3H3. The summed E-state index contributed by atoms with van der Waals surface area (Å²) in [4.78, 5) is 5.01. The topological polar surface area (TPSA) is 32.8 Å². The predicted molar refractivity (Wildman–Crippen MR) is 380 cm³/mol. The second-order valence-corrected chi connectivity index (χ2v) is 24.5. The Morgan fingerprint density at radius 3 is 1.48 bits per heavy atom. The van der Waals surface area contributed by atoms with E-state index >= 15 is 0 Å². The summed E-state index contributed by atoms with van der Waals surface area (Å²) in [5.74, 6) is 0.535. The Bertz CT molecular complexity index is 5110. The highest BCUT2D eigenvalue weighted by Crippen LogP contribution is 2.55. The first-order valence-corrected chi connectivity index (χ1v) is 32.1. The quantitative estimate of drug-likeness (QED) is 0.0617. The molecule has 2 heterocycles. The number of nitrogens with zero attached hydrogens (tertiary/aromatic N) is 2. The van der Waals surface area contributed by atoms with Crippen molar-refractivity contribution in [1.82, 2.24) is 0 Å². The van der Waals surface area contributed by atoms with E-state index in [1.165, 1.54) is 38.6 Å². The average molecular weight is 1250 g/mol. The van der Waals surface area contributed by atoms with Crippen molar-refractivity contribution in [3.05, 3.63) is 307 Å². The number of benzene rings is 12. The van der Waals surface area contributed by atoms with Gasteiger partial charge < -0.3 is 18.6 Å². The van der Waals surface area contributed by atoms with E-state index in [1.54, 1.807) is 0 Å². The van der Waals surface area contributed by atoms with Gasteiger partial charge in [-0.25, -0.2) is 0 Å². The molecule has 0 N–H and O–H groups in total. The zero-order valence-corrected chi connectivity index (χ0v) is 51.2. The molecule has 5 heteroatoms. The second kappa shape index (κ2) is 22.1. The summed E-state index contributed by atoms with van der Waals surface area (Å²) in [5, 5.41) is 6.84. The lowest BCUT2D eigenvalue weighted by Gasteiger charge is -2.37. The maximum Gasteiger partial charge on any atom is 0.159 e. The predicted octanol–water partition coefficient (Wildman–Crippen LogP) is 24.3. The fourth-order valence-corrected chi connectivity index (χ4v) is 14.9. The molecule has 0 aliphatic heterocycles. The van der Waals surface area contributed by atoms with Crippen LogP contribution in [0.15, 0.2) is 288 Å². The van der Waals surface area contributed by atoms with Crippen LogP contribution in [0.2, 0.25) is 0 Å². The third-order valence-corrected chi connectivity index (χ3v) is 19.3. The number of alkyl halides is 1. The molecule has 4 nitrogen and oxygen atoms in total. The van der Waals surface area contributed by atoms with Crippen LogP contribution in [0.1, 0.15) is 65.8 Å². The highest BCUT2D eigenvalue weighted by Gasteiger charge is 2.35. The fourth-order valence-electron chi connectivity index (χ4n) is 14.1. The van der Waals surface area contributed by atoms with Crippen LogP contribution >= 0.6 is 22.6 Å². The van der Waals surface area contributed by atoms with E-state index in [2.05, 4.69) is 332 Å². The Morgan fingerprint density at radius 1 is 0.455 bits per heavy atom. The molecule has 0 spiro atoms. The van der Waals surface area contributed by atoms with E-state index in [4.69, 9.17) is 8.83 Å². The lowest BCUT2D eigenvalue weighted by Crippen LogP contribution is -2.22. The molecule has 12 aromatic carbocycles. The SMILES string of the molecule is C=CC(CI)c1cccc2c1oc1c(N(C3=CCC4C=Cc5c(N(c6ccc(-c7ccccc7)cc6-c6ccccc6)c6cccc7c6oc6c(C(C)C)cccc67)ccc6ccc3c4c56)c3ccc(-c4ccccc4)cc3-c3ccccc3)cccc12. The lowest BCUT2D eigenvalue weighted by atomic mass is 9.77. The van der Waals surface area contributed by atoms with Gasteiger partial charge in [-0.15, -0.1) is 6.58 Å². The van der Waals surface area contributed by atoms with Crippen LogP contribution < -0.4 is 9.80 Å². The molecule has 0 saturated heterocycles. The van der Waals surface area contributed by atoms with E-state index in [-0.39, 0.29) is 17.8 Å². The van der Waals surface area contributed by atoms with Gasteiger partial charge >= 0.3 is 0 Å². The smallest absolute Gasteiger partial charge is 0.159 e. The summed E-state index contributed by atoms with van der Waals surface area (Å²) in [5.41, 5.74) is 24.9. The number of furan rings is 2. The summed E-state index contributed by atoms with van der Waals surface area (Å²) in [7, 11) is 0. The van der Waals surface area contributed by atoms with Crippen LogP contribution in [0.25, 0.3) is 111 Å². The molecule has 0 amide bonds. The molecule has 0 saturated carbocycles. The fraction of sp³-hybridized carbons (Fsp3) is 0.0843. The van der Waals surface area contributed by atoms with E-state index in [0.717, 1.165) is 133 Å². The molecular weight excluding hydrogens is 1180 g/mol. The van der Waals surface area contributed by atoms with Gasteiger partial charge in [0.25, 0.3) is 0 Å². The third-order valence-electron chi connectivity index (χ3n) is 18.3.